The second-order valence-electron chi connectivity index (χ2n) is 6.63. The molecule has 4 heteroatoms. The summed E-state index contributed by atoms with van der Waals surface area (Å²) in [4.78, 5) is 14.5. The van der Waals surface area contributed by atoms with Gasteiger partial charge in [-0.05, 0) is 25.0 Å². The SMILES string of the molecule is N#CCCn1cc(/C=C/C(=O)N2CCCCCCC2)c2ccccc21. The van der Waals surface area contributed by atoms with Crippen LogP contribution in [0.3, 0.4) is 0 Å². The Balaban J connectivity index is 1.78. The Labute approximate surface area is 149 Å². The third-order valence-corrected chi connectivity index (χ3v) is 4.86. The molecule has 2 aromatic rings. The van der Waals surface area contributed by atoms with Crippen molar-refractivity contribution in [3.05, 3.63) is 42.1 Å². The third-order valence-electron chi connectivity index (χ3n) is 4.86. The lowest BCUT2D eigenvalue weighted by Crippen LogP contribution is -2.32. The van der Waals surface area contributed by atoms with Gasteiger partial charge in [-0.15, -0.1) is 0 Å². The van der Waals surface area contributed by atoms with Crippen molar-refractivity contribution in [2.45, 2.75) is 45.1 Å². The van der Waals surface area contributed by atoms with E-state index in [1.165, 1.54) is 19.3 Å². The highest BCUT2D eigenvalue weighted by Gasteiger charge is 2.12. The Hall–Kier alpha value is -2.54. The summed E-state index contributed by atoms with van der Waals surface area (Å²) in [7, 11) is 0. The number of nitriles is 1. The number of hydrogen-bond acceptors (Lipinski definition) is 2. The quantitative estimate of drug-likeness (QED) is 0.779. The van der Waals surface area contributed by atoms with Gasteiger partial charge in [0, 0.05) is 48.4 Å². The average Bonchev–Trinajstić information content (AvgIpc) is 2.96. The van der Waals surface area contributed by atoms with Gasteiger partial charge < -0.3 is 9.47 Å². The minimum atomic E-state index is 0.107. The van der Waals surface area contributed by atoms with E-state index in [-0.39, 0.29) is 5.91 Å². The zero-order valence-electron chi connectivity index (χ0n) is 14.7. The van der Waals surface area contributed by atoms with E-state index in [1.54, 1.807) is 6.08 Å². The Morgan fingerprint density at radius 1 is 1.12 bits per heavy atom. The van der Waals surface area contributed by atoms with Crippen LogP contribution in [0.15, 0.2) is 36.5 Å². The van der Waals surface area contributed by atoms with Crippen LogP contribution in [0, 0.1) is 11.3 Å². The molecule has 2 heterocycles. The van der Waals surface area contributed by atoms with Gasteiger partial charge in [-0.25, -0.2) is 0 Å². The molecule has 25 heavy (non-hydrogen) atoms. The number of carbonyl (C=O) groups excluding carboxylic acids is 1. The zero-order chi connectivity index (χ0) is 17.5. The number of aromatic nitrogens is 1. The molecule has 1 fully saturated rings. The minimum Gasteiger partial charge on any atom is -0.346 e. The van der Waals surface area contributed by atoms with Crippen molar-refractivity contribution in [2.75, 3.05) is 13.1 Å². The normalized spacial score (nSPS) is 15.9. The summed E-state index contributed by atoms with van der Waals surface area (Å²) >= 11 is 0. The molecule has 1 aliphatic rings. The third kappa shape index (κ3) is 4.30. The summed E-state index contributed by atoms with van der Waals surface area (Å²) in [6.07, 6.45) is 12.1. The smallest absolute Gasteiger partial charge is 0.246 e. The Bertz CT molecular complexity index is 789. The number of likely N-dealkylation sites (tertiary alicyclic amines) is 1. The Kier molecular flexibility index (Phi) is 5.90. The number of aryl methyl sites for hydroxylation is 1. The van der Waals surface area contributed by atoms with E-state index in [1.807, 2.05) is 29.3 Å². The van der Waals surface area contributed by atoms with E-state index < -0.39 is 0 Å². The van der Waals surface area contributed by atoms with E-state index in [0.29, 0.717) is 13.0 Å². The van der Waals surface area contributed by atoms with Crippen LogP contribution in [0.2, 0.25) is 0 Å². The molecule has 0 spiro atoms. The maximum Gasteiger partial charge on any atom is 0.246 e. The largest absolute Gasteiger partial charge is 0.346 e. The van der Waals surface area contributed by atoms with Crippen LogP contribution in [0.25, 0.3) is 17.0 Å². The van der Waals surface area contributed by atoms with E-state index in [0.717, 1.165) is 42.4 Å². The summed E-state index contributed by atoms with van der Waals surface area (Å²) in [6, 6.07) is 10.3. The highest BCUT2D eigenvalue weighted by Crippen LogP contribution is 2.23. The molecule has 0 atom stereocenters. The fourth-order valence-corrected chi connectivity index (χ4v) is 3.50. The first-order valence-electron chi connectivity index (χ1n) is 9.21. The first kappa shape index (κ1) is 17.3. The van der Waals surface area contributed by atoms with Gasteiger partial charge in [0.05, 0.1) is 12.5 Å². The summed E-state index contributed by atoms with van der Waals surface area (Å²) in [5, 5.41) is 9.96. The fourth-order valence-electron chi connectivity index (χ4n) is 3.50. The van der Waals surface area contributed by atoms with Gasteiger partial charge in [-0.2, -0.15) is 5.26 Å². The van der Waals surface area contributed by atoms with Crippen molar-refractivity contribution in [1.82, 2.24) is 9.47 Å². The number of carbonyl (C=O) groups is 1. The second-order valence-corrected chi connectivity index (χ2v) is 6.63. The Morgan fingerprint density at radius 2 is 1.84 bits per heavy atom. The van der Waals surface area contributed by atoms with Gasteiger partial charge in [-0.1, -0.05) is 37.5 Å². The lowest BCUT2D eigenvalue weighted by atomic mass is 10.1. The van der Waals surface area contributed by atoms with Crippen molar-refractivity contribution < 1.29 is 4.79 Å². The van der Waals surface area contributed by atoms with Crippen molar-refractivity contribution >= 4 is 22.9 Å². The monoisotopic (exact) mass is 335 g/mol. The molecule has 1 aromatic carbocycles. The predicted octanol–water partition coefficient (Wildman–Crippen LogP) is 4.36. The molecule has 1 aliphatic heterocycles. The minimum absolute atomic E-state index is 0.107. The lowest BCUT2D eigenvalue weighted by molar-refractivity contribution is -0.126. The van der Waals surface area contributed by atoms with Crippen LogP contribution in [0.5, 0.6) is 0 Å². The first-order valence-corrected chi connectivity index (χ1v) is 9.21. The molecule has 0 saturated carbocycles. The average molecular weight is 335 g/mol. The van der Waals surface area contributed by atoms with E-state index in [2.05, 4.69) is 22.8 Å². The number of para-hydroxylation sites is 1. The molecule has 0 N–H and O–H groups in total. The van der Waals surface area contributed by atoms with Crippen molar-refractivity contribution in [3.63, 3.8) is 0 Å². The highest BCUT2D eigenvalue weighted by atomic mass is 16.2. The molecule has 3 rings (SSSR count). The van der Waals surface area contributed by atoms with Crippen LogP contribution in [-0.2, 0) is 11.3 Å². The van der Waals surface area contributed by atoms with E-state index >= 15 is 0 Å². The van der Waals surface area contributed by atoms with Crippen LogP contribution in [0.4, 0.5) is 0 Å². The number of amides is 1. The summed E-state index contributed by atoms with van der Waals surface area (Å²) < 4.78 is 2.10. The van der Waals surface area contributed by atoms with Gasteiger partial charge in [-0.3, -0.25) is 4.79 Å². The van der Waals surface area contributed by atoms with Gasteiger partial charge in [0.15, 0.2) is 0 Å². The van der Waals surface area contributed by atoms with Crippen molar-refractivity contribution in [3.8, 4) is 6.07 Å². The Morgan fingerprint density at radius 3 is 2.60 bits per heavy atom. The van der Waals surface area contributed by atoms with Crippen LogP contribution in [0.1, 0.15) is 44.1 Å². The first-order chi connectivity index (χ1) is 12.3. The number of benzene rings is 1. The molecule has 0 aliphatic carbocycles. The van der Waals surface area contributed by atoms with Gasteiger partial charge >= 0.3 is 0 Å². The van der Waals surface area contributed by atoms with Gasteiger partial charge in [0.1, 0.15) is 0 Å². The molecule has 0 unspecified atom stereocenters. The predicted molar refractivity (Wildman–Crippen MR) is 101 cm³/mol. The molecule has 1 aromatic heterocycles. The molecule has 4 nitrogen and oxygen atoms in total. The number of rotatable bonds is 4. The summed E-state index contributed by atoms with van der Waals surface area (Å²) in [6.45, 7) is 2.41. The molecule has 1 amide bonds. The van der Waals surface area contributed by atoms with Crippen LogP contribution < -0.4 is 0 Å². The lowest BCUT2D eigenvalue weighted by Gasteiger charge is -2.23. The molecule has 0 radical (unpaired) electrons. The zero-order valence-corrected chi connectivity index (χ0v) is 14.7. The fraction of sp³-hybridized carbons (Fsp3) is 0.429. The number of nitrogens with zero attached hydrogens (tertiary/aromatic N) is 3. The molecule has 0 bridgehead atoms. The van der Waals surface area contributed by atoms with Crippen molar-refractivity contribution in [1.29, 1.82) is 5.26 Å². The van der Waals surface area contributed by atoms with Gasteiger partial charge in [0.25, 0.3) is 0 Å². The van der Waals surface area contributed by atoms with Crippen LogP contribution in [-0.4, -0.2) is 28.5 Å². The molecule has 130 valence electrons. The van der Waals surface area contributed by atoms with E-state index in [9.17, 15) is 4.79 Å². The maximum atomic E-state index is 12.5. The maximum absolute atomic E-state index is 12.5. The topological polar surface area (TPSA) is 49.0 Å². The molecule has 1 saturated heterocycles. The number of fused-ring (bicyclic) bond motifs is 1. The number of hydrogen-bond donors (Lipinski definition) is 0. The van der Waals surface area contributed by atoms with Crippen molar-refractivity contribution in [2.24, 2.45) is 0 Å². The van der Waals surface area contributed by atoms with Gasteiger partial charge in [0.2, 0.25) is 5.91 Å². The standard InChI is InChI=1S/C21H25N3O/c22-13-8-16-24-17-18(19-9-4-5-10-20(19)24)11-12-21(25)23-14-6-2-1-3-7-15-23/h4-5,9-12,17H,1-3,6-8,14-16H2/b12-11+. The van der Waals surface area contributed by atoms with E-state index in [4.69, 9.17) is 5.26 Å². The highest BCUT2D eigenvalue weighted by molar-refractivity contribution is 5.96. The molecular formula is C21H25N3O. The van der Waals surface area contributed by atoms with Crippen LogP contribution >= 0.6 is 0 Å². The summed E-state index contributed by atoms with van der Waals surface area (Å²) in [5.41, 5.74) is 2.14. The molecular weight excluding hydrogens is 310 g/mol. The summed E-state index contributed by atoms with van der Waals surface area (Å²) in [5.74, 6) is 0.107. The second kappa shape index (κ2) is 8.53.